The van der Waals surface area contributed by atoms with Gasteiger partial charge in [0, 0.05) is 24.3 Å². The number of nitrogens with zero attached hydrogens (tertiary/aromatic N) is 3. The van der Waals surface area contributed by atoms with Crippen molar-refractivity contribution in [3.63, 3.8) is 0 Å². The predicted octanol–water partition coefficient (Wildman–Crippen LogP) is 2.60. The molecule has 0 saturated heterocycles. The summed E-state index contributed by atoms with van der Waals surface area (Å²) in [5.74, 6) is 0. The van der Waals surface area contributed by atoms with Crippen molar-refractivity contribution in [3.8, 4) is 0 Å². The summed E-state index contributed by atoms with van der Waals surface area (Å²) < 4.78 is 2.24. The summed E-state index contributed by atoms with van der Waals surface area (Å²) in [6.45, 7) is 3.08. The summed E-state index contributed by atoms with van der Waals surface area (Å²) in [6, 6.07) is 6.10. The van der Waals surface area contributed by atoms with E-state index in [0.29, 0.717) is 0 Å². The van der Waals surface area contributed by atoms with Crippen LogP contribution in [0.15, 0.2) is 36.8 Å². The third-order valence-electron chi connectivity index (χ3n) is 2.74. The Hall–Kier alpha value is -1.90. The monoisotopic (exact) mass is 197 g/mol. The van der Waals surface area contributed by atoms with E-state index in [2.05, 4.69) is 27.5 Å². The average molecular weight is 197 g/mol. The van der Waals surface area contributed by atoms with Crippen LogP contribution in [0.2, 0.25) is 0 Å². The second-order valence-corrected chi connectivity index (χ2v) is 3.51. The van der Waals surface area contributed by atoms with Crippen LogP contribution >= 0.6 is 0 Å². The number of hydrogen-bond acceptors (Lipinski definition) is 2. The zero-order chi connectivity index (χ0) is 10.3. The van der Waals surface area contributed by atoms with Crippen LogP contribution in [-0.2, 0) is 6.54 Å². The molecule has 0 radical (unpaired) electrons. The highest BCUT2D eigenvalue weighted by atomic mass is 15.0. The Morgan fingerprint density at radius 3 is 3.00 bits per heavy atom. The zero-order valence-electron chi connectivity index (χ0n) is 8.51. The molecule has 3 rings (SSSR count). The molecule has 0 saturated carbocycles. The molecule has 15 heavy (non-hydrogen) atoms. The summed E-state index contributed by atoms with van der Waals surface area (Å²) in [4.78, 5) is 8.60. The third kappa shape index (κ3) is 1.06. The third-order valence-corrected chi connectivity index (χ3v) is 2.74. The van der Waals surface area contributed by atoms with Crippen LogP contribution in [0, 0.1) is 0 Å². The Kier molecular flexibility index (Phi) is 1.71. The maximum atomic E-state index is 4.43. The molecular weight excluding hydrogens is 186 g/mol. The molecule has 3 aromatic heterocycles. The molecule has 3 heterocycles. The Morgan fingerprint density at radius 1 is 1.20 bits per heavy atom. The van der Waals surface area contributed by atoms with Gasteiger partial charge < -0.3 is 4.57 Å². The minimum atomic E-state index is 0.942. The molecule has 0 fully saturated rings. The van der Waals surface area contributed by atoms with E-state index in [9.17, 15) is 0 Å². The molecule has 0 bridgehead atoms. The summed E-state index contributed by atoms with van der Waals surface area (Å²) in [7, 11) is 0. The molecule has 3 nitrogen and oxygen atoms in total. The van der Waals surface area contributed by atoms with Crippen molar-refractivity contribution in [2.24, 2.45) is 0 Å². The van der Waals surface area contributed by atoms with Gasteiger partial charge in [-0.3, -0.25) is 9.97 Å². The van der Waals surface area contributed by atoms with E-state index in [4.69, 9.17) is 0 Å². The SMILES string of the molecule is CCn1c2cnccc2c2ncccc21. The van der Waals surface area contributed by atoms with Crippen molar-refractivity contribution in [1.82, 2.24) is 14.5 Å². The second-order valence-electron chi connectivity index (χ2n) is 3.51. The van der Waals surface area contributed by atoms with Crippen molar-refractivity contribution in [3.05, 3.63) is 36.8 Å². The maximum absolute atomic E-state index is 4.43. The standard InChI is InChI=1S/C12H11N3/c1-2-15-10-4-3-6-14-12(10)9-5-7-13-8-11(9)15/h3-8H,2H2,1H3. The van der Waals surface area contributed by atoms with Gasteiger partial charge in [-0.05, 0) is 25.1 Å². The number of fused-ring (bicyclic) bond motifs is 3. The summed E-state index contributed by atoms with van der Waals surface area (Å²) in [5, 5.41) is 1.18. The van der Waals surface area contributed by atoms with E-state index >= 15 is 0 Å². The summed E-state index contributed by atoms with van der Waals surface area (Å²) >= 11 is 0. The second kappa shape index (κ2) is 3.05. The van der Waals surface area contributed by atoms with Crippen LogP contribution in [0.4, 0.5) is 0 Å². The van der Waals surface area contributed by atoms with E-state index in [1.165, 1.54) is 10.9 Å². The molecule has 0 aliphatic heterocycles. The molecule has 0 unspecified atom stereocenters. The smallest absolute Gasteiger partial charge is 0.0960 e. The molecule has 3 aromatic rings. The molecule has 0 spiro atoms. The minimum Gasteiger partial charge on any atom is -0.338 e. The Bertz CT molecular complexity index is 572. The molecule has 0 atom stereocenters. The van der Waals surface area contributed by atoms with Crippen molar-refractivity contribution < 1.29 is 0 Å². The number of aromatic nitrogens is 3. The van der Waals surface area contributed by atoms with E-state index < -0.39 is 0 Å². The molecule has 0 aromatic carbocycles. The van der Waals surface area contributed by atoms with E-state index in [0.717, 1.165) is 17.6 Å². The lowest BCUT2D eigenvalue weighted by Crippen LogP contribution is -1.92. The molecule has 0 aliphatic rings. The molecule has 0 amide bonds. The highest BCUT2D eigenvalue weighted by Gasteiger charge is 2.08. The number of rotatable bonds is 1. The van der Waals surface area contributed by atoms with Crippen molar-refractivity contribution in [1.29, 1.82) is 0 Å². The van der Waals surface area contributed by atoms with Crippen LogP contribution in [0.3, 0.4) is 0 Å². The van der Waals surface area contributed by atoms with Crippen LogP contribution < -0.4 is 0 Å². The van der Waals surface area contributed by atoms with Gasteiger partial charge >= 0.3 is 0 Å². The number of pyridine rings is 2. The first kappa shape index (κ1) is 8.41. The Morgan fingerprint density at radius 2 is 2.13 bits per heavy atom. The first-order valence-electron chi connectivity index (χ1n) is 5.08. The van der Waals surface area contributed by atoms with Crippen LogP contribution in [0.1, 0.15) is 6.92 Å². The lowest BCUT2D eigenvalue weighted by atomic mass is 10.3. The lowest BCUT2D eigenvalue weighted by Gasteiger charge is -2.00. The average Bonchev–Trinajstić information content (AvgIpc) is 2.63. The van der Waals surface area contributed by atoms with Gasteiger partial charge in [0.15, 0.2) is 0 Å². The number of aryl methyl sites for hydroxylation is 1. The molecule has 3 heteroatoms. The van der Waals surface area contributed by atoms with Crippen LogP contribution in [0.5, 0.6) is 0 Å². The predicted molar refractivity (Wildman–Crippen MR) is 60.7 cm³/mol. The van der Waals surface area contributed by atoms with Gasteiger partial charge in [0.1, 0.15) is 0 Å². The Labute approximate surface area is 87.4 Å². The lowest BCUT2D eigenvalue weighted by molar-refractivity contribution is 0.825. The maximum Gasteiger partial charge on any atom is 0.0960 e. The Balaban J connectivity index is 2.62. The highest BCUT2D eigenvalue weighted by Crippen LogP contribution is 2.25. The minimum absolute atomic E-state index is 0.942. The fourth-order valence-corrected chi connectivity index (χ4v) is 2.09. The van der Waals surface area contributed by atoms with Crippen LogP contribution in [0.25, 0.3) is 21.9 Å². The molecule has 0 aliphatic carbocycles. The number of hydrogen-bond donors (Lipinski definition) is 0. The first-order chi connectivity index (χ1) is 7.42. The van der Waals surface area contributed by atoms with E-state index in [-0.39, 0.29) is 0 Å². The quantitative estimate of drug-likeness (QED) is 0.600. The largest absolute Gasteiger partial charge is 0.338 e. The van der Waals surface area contributed by atoms with Gasteiger partial charge in [0.25, 0.3) is 0 Å². The van der Waals surface area contributed by atoms with Crippen molar-refractivity contribution in [2.45, 2.75) is 13.5 Å². The van der Waals surface area contributed by atoms with Gasteiger partial charge in [-0.25, -0.2) is 0 Å². The van der Waals surface area contributed by atoms with Gasteiger partial charge in [-0.2, -0.15) is 0 Å². The van der Waals surface area contributed by atoms with Crippen molar-refractivity contribution in [2.75, 3.05) is 0 Å². The van der Waals surface area contributed by atoms with Gasteiger partial charge in [-0.1, -0.05) is 0 Å². The summed E-state index contributed by atoms with van der Waals surface area (Å²) in [6.07, 6.45) is 5.55. The van der Waals surface area contributed by atoms with Gasteiger partial charge in [0.05, 0.1) is 22.7 Å². The topological polar surface area (TPSA) is 30.7 Å². The van der Waals surface area contributed by atoms with Crippen LogP contribution in [-0.4, -0.2) is 14.5 Å². The summed E-state index contributed by atoms with van der Waals surface area (Å²) in [5.41, 5.74) is 3.41. The molecular formula is C12H11N3. The fourth-order valence-electron chi connectivity index (χ4n) is 2.09. The fraction of sp³-hybridized carbons (Fsp3) is 0.167. The van der Waals surface area contributed by atoms with Gasteiger partial charge in [-0.15, -0.1) is 0 Å². The van der Waals surface area contributed by atoms with E-state index in [1.807, 2.05) is 30.7 Å². The molecule has 74 valence electrons. The van der Waals surface area contributed by atoms with E-state index in [1.54, 1.807) is 0 Å². The normalized spacial score (nSPS) is 11.3. The zero-order valence-corrected chi connectivity index (χ0v) is 8.51. The van der Waals surface area contributed by atoms with Gasteiger partial charge in [0.2, 0.25) is 0 Å². The van der Waals surface area contributed by atoms with Crippen molar-refractivity contribution >= 4 is 21.9 Å². The molecule has 0 N–H and O–H groups in total. The highest BCUT2D eigenvalue weighted by molar-refractivity contribution is 6.05. The first-order valence-corrected chi connectivity index (χ1v) is 5.08.